The van der Waals surface area contributed by atoms with Crippen LogP contribution in [0.4, 0.5) is 18.9 Å². The van der Waals surface area contributed by atoms with Gasteiger partial charge >= 0.3 is 6.18 Å². The van der Waals surface area contributed by atoms with E-state index in [2.05, 4.69) is 5.32 Å². The van der Waals surface area contributed by atoms with Crippen LogP contribution in [0.25, 0.3) is 0 Å². The normalized spacial score (nSPS) is 11.1. The molecule has 0 atom stereocenters. The lowest BCUT2D eigenvalue weighted by Gasteiger charge is -2.13. The Balaban J connectivity index is 1.71. The van der Waals surface area contributed by atoms with Crippen LogP contribution in [0.5, 0.6) is 17.2 Å². The average Bonchev–Trinajstić information content (AvgIpc) is 2.66. The first-order valence-corrected chi connectivity index (χ1v) is 8.26. The maximum absolute atomic E-state index is 12.8. The first-order valence-electron chi connectivity index (χ1n) is 8.26. The van der Waals surface area contributed by atoms with Crippen LogP contribution in [-0.2, 0) is 12.7 Å². The van der Waals surface area contributed by atoms with Gasteiger partial charge in [-0.05, 0) is 48.0 Å². The Labute approximate surface area is 155 Å². The quantitative estimate of drug-likeness (QED) is 0.565. The predicted molar refractivity (Wildman–Crippen MR) is 98.3 cm³/mol. The summed E-state index contributed by atoms with van der Waals surface area (Å²) in [5.41, 5.74) is 1.03. The molecule has 3 rings (SSSR count). The molecule has 3 aromatic carbocycles. The van der Waals surface area contributed by atoms with Crippen LogP contribution >= 0.6 is 0 Å². The molecule has 0 unspecified atom stereocenters. The third-order valence-corrected chi connectivity index (χ3v) is 3.89. The van der Waals surface area contributed by atoms with Gasteiger partial charge in [0.05, 0.1) is 18.4 Å². The van der Waals surface area contributed by atoms with E-state index in [1.165, 1.54) is 12.1 Å². The van der Waals surface area contributed by atoms with Crippen LogP contribution in [0, 0.1) is 0 Å². The second kappa shape index (κ2) is 8.03. The van der Waals surface area contributed by atoms with Crippen LogP contribution in [0.15, 0.2) is 72.8 Å². The molecule has 1 N–H and O–H groups in total. The Morgan fingerprint density at radius 2 is 1.56 bits per heavy atom. The van der Waals surface area contributed by atoms with Gasteiger partial charge in [-0.25, -0.2) is 0 Å². The van der Waals surface area contributed by atoms with Crippen molar-refractivity contribution in [3.8, 4) is 17.2 Å². The van der Waals surface area contributed by atoms with Crippen LogP contribution < -0.4 is 14.8 Å². The molecule has 3 aromatic rings. The van der Waals surface area contributed by atoms with E-state index >= 15 is 0 Å². The first kappa shape index (κ1) is 18.6. The number of hydrogen-bond acceptors (Lipinski definition) is 3. The van der Waals surface area contributed by atoms with Gasteiger partial charge in [-0.3, -0.25) is 0 Å². The molecule has 0 aliphatic carbocycles. The van der Waals surface area contributed by atoms with Crippen molar-refractivity contribution in [2.24, 2.45) is 0 Å². The summed E-state index contributed by atoms with van der Waals surface area (Å²) in [5, 5.41) is 3.27. The third-order valence-electron chi connectivity index (χ3n) is 3.89. The van der Waals surface area contributed by atoms with Gasteiger partial charge in [-0.2, -0.15) is 13.2 Å². The van der Waals surface area contributed by atoms with Crippen molar-refractivity contribution in [1.82, 2.24) is 0 Å². The maximum atomic E-state index is 12.8. The number of alkyl halides is 3. The Morgan fingerprint density at radius 3 is 2.30 bits per heavy atom. The summed E-state index contributed by atoms with van der Waals surface area (Å²) in [6.45, 7) is 0.514. The third kappa shape index (κ3) is 4.94. The molecule has 0 aromatic heterocycles. The van der Waals surface area contributed by atoms with E-state index in [4.69, 9.17) is 9.47 Å². The standard InChI is InChI=1S/C21H18F3NO2/c1-26-20-11-3-2-10-19(20)25-14-15-6-4-8-17(12-15)27-18-9-5-7-16(13-18)21(22,23)24/h2-13,25H,14H2,1H3. The lowest BCUT2D eigenvalue weighted by molar-refractivity contribution is -0.137. The number of halogens is 3. The summed E-state index contributed by atoms with van der Waals surface area (Å²) in [7, 11) is 1.60. The fourth-order valence-corrected chi connectivity index (χ4v) is 2.58. The lowest BCUT2D eigenvalue weighted by Crippen LogP contribution is -2.04. The van der Waals surface area contributed by atoms with Crippen molar-refractivity contribution < 1.29 is 22.6 Å². The minimum Gasteiger partial charge on any atom is -0.495 e. The molecule has 140 valence electrons. The molecule has 27 heavy (non-hydrogen) atoms. The highest BCUT2D eigenvalue weighted by Crippen LogP contribution is 2.33. The molecule has 0 heterocycles. The van der Waals surface area contributed by atoms with Gasteiger partial charge in [0, 0.05) is 6.54 Å². The molecule has 0 radical (unpaired) electrons. The minimum atomic E-state index is -4.40. The van der Waals surface area contributed by atoms with E-state index in [-0.39, 0.29) is 5.75 Å². The highest BCUT2D eigenvalue weighted by atomic mass is 19.4. The SMILES string of the molecule is COc1ccccc1NCc1cccc(Oc2cccc(C(F)(F)F)c2)c1. The van der Waals surface area contributed by atoms with Gasteiger partial charge in [0.1, 0.15) is 17.2 Å². The number of anilines is 1. The zero-order valence-corrected chi connectivity index (χ0v) is 14.6. The summed E-state index contributed by atoms with van der Waals surface area (Å²) >= 11 is 0. The summed E-state index contributed by atoms with van der Waals surface area (Å²) in [6, 6.07) is 19.5. The summed E-state index contributed by atoms with van der Waals surface area (Å²) in [5.74, 6) is 1.34. The molecule has 0 fully saturated rings. The maximum Gasteiger partial charge on any atom is 0.416 e. The Morgan fingerprint density at radius 1 is 0.852 bits per heavy atom. The van der Waals surface area contributed by atoms with Crippen LogP contribution in [0.3, 0.4) is 0 Å². The zero-order valence-electron chi connectivity index (χ0n) is 14.6. The molecule has 6 heteroatoms. The van der Waals surface area contributed by atoms with Crippen molar-refractivity contribution in [2.75, 3.05) is 12.4 Å². The number of rotatable bonds is 6. The van der Waals surface area contributed by atoms with Gasteiger partial charge in [-0.15, -0.1) is 0 Å². The number of ether oxygens (including phenoxy) is 2. The number of methoxy groups -OCH3 is 1. The molecule has 0 saturated heterocycles. The number of nitrogens with one attached hydrogen (secondary N) is 1. The topological polar surface area (TPSA) is 30.5 Å². The monoisotopic (exact) mass is 373 g/mol. The van der Waals surface area contributed by atoms with Crippen LogP contribution in [-0.4, -0.2) is 7.11 Å². The molecular formula is C21H18F3NO2. The Kier molecular flexibility index (Phi) is 5.54. The van der Waals surface area contributed by atoms with Crippen LogP contribution in [0.2, 0.25) is 0 Å². The number of hydrogen-bond donors (Lipinski definition) is 1. The largest absolute Gasteiger partial charge is 0.495 e. The van der Waals surface area contributed by atoms with E-state index in [1.54, 1.807) is 25.3 Å². The fourth-order valence-electron chi connectivity index (χ4n) is 2.58. The summed E-state index contributed by atoms with van der Waals surface area (Å²) in [6.07, 6.45) is -4.40. The summed E-state index contributed by atoms with van der Waals surface area (Å²) < 4.78 is 49.4. The van der Waals surface area contributed by atoms with Gasteiger partial charge in [0.2, 0.25) is 0 Å². The number of benzene rings is 3. The average molecular weight is 373 g/mol. The first-order chi connectivity index (χ1) is 13.0. The highest BCUT2D eigenvalue weighted by Gasteiger charge is 2.30. The highest BCUT2D eigenvalue weighted by molar-refractivity contribution is 5.56. The van der Waals surface area contributed by atoms with Gasteiger partial charge in [0.25, 0.3) is 0 Å². The molecular weight excluding hydrogens is 355 g/mol. The smallest absolute Gasteiger partial charge is 0.416 e. The van der Waals surface area contributed by atoms with E-state index < -0.39 is 11.7 Å². The zero-order chi connectivity index (χ0) is 19.3. The molecule has 0 spiro atoms. The van der Waals surface area contributed by atoms with Crippen molar-refractivity contribution >= 4 is 5.69 Å². The Hall–Kier alpha value is -3.15. The second-order valence-electron chi connectivity index (χ2n) is 5.83. The molecule has 0 saturated carbocycles. The molecule has 0 aliphatic heterocycles. The van der Waals surface area contributed by atoms with Crippen molar-refractivity contribution in [3.05, 3.63) is 83.9 Å². The molecule has 0 bridgehead atoms. The minimum absolute atomic E-state index is 0.139. The van der Waals surface area contributed by atoms with Crippen LogP contribution in [0.1, 0.15) is 11.1 Å². The fraction of sp³-hybridized carbons (Fsp3) is 0.143. The van der Waals surface area contributed by atoms with Gasteiger partial charge < -0.3 is 14.8 Å². The second-order valence-corrected chi connectivity index (χ2v) is 5.83. The molecule has 3 nitrogen and oxygen atoms in total. The lowest BCUT2D eigenvalue weighted by atomic mass is 10.2. The van der Waals surface area contributed by atoms with E-state index in [1.807, 2.05) is 30.3 Å². The molecule has 0 amide bonds. The van der Waals surface area contributed by atoms with Gasteiger partial charge in [-0.1, -0.05) is 30.3 Å². The van der Waals surface area contributed by atoms with E-state index in [0.717, 1.165) is 29.1 Å². The summed E-state index contributed by atoms with van der Waals surface area (Å²) in [4.78, 5) is 0. The predicted octanol–water partition coefficient (Wildman–Crippen LogP) is 6.12. The van der Waals surface area contributed by atoms with Crippen molar-refractivity contribution in [2.45, 2.75) is 12.7 Å². The number of para-hydroxylation sites is 2. The van der Waals surface area contributed by atoms with Gasteiger partial charge in [0.15, 0.2) is 0 Å². The van der Waals surface area contributed by atoms with E-state index in [9.17, 15) is 13.2 Å². The van der Waals surface area contributed by atoms with Crippen molar-refractivity contribution in [3.63, 3.8) is 0 Å². The Bertz CT molecular complexity index is 910. The van der Waals surface area contributed by atoms with E-state index in [0.29, 0.717) is 12.3 Å². The molecule has 0 aliphatic rings. The van der Waals surface area contributed by atoms with Crippen molar-refractivity contribution in [1.29, 1.82) is 0 Å².